The van der Waals surface area contributed by atoms with E-state index in [0.29, 0.717) is 15.9 Å². The van der Waals surface area contributed by atoms with E-state index >= 15 is 0 Å². The van der Waals surface area contributed by atoms with Crippen LogP contribution < -0.4 is 10.5 Å². The predicted molar refractivity (Wildman–Crippen MR) is 72.1 cm³/mol. The number of thiazole rings is 1. The van der Waals surface area contributed by atoms with Crippen LogP contribution in [0, 0.1) is 6.92 Å². The molecule has 3 nitrogen and oxygen atoms in total. The van der Waals surface area contributed by atoms with Crippen LogP contribution in [0.1, 0.15) is 16.1 Å². The molecule has 0 bridgehead atoms. The van der Waals surface area contributed by atoms with Gasteiger partial charge in [0, 0.05) is 11.3 Å². The van der Waals surface area contributed by atoms with E-state index in [4.69, 9.17) is 22.1 Å². The maximum Gasteiger partial charge on any atom is 0.180 e. The number of methoxy groups -OCH3 is 1. The first-order valence-electron chi connectivity index (χ1n) is 5.14. The maximum absolute atomic E-state index is 6.07. The minimum absolute atomic E-state index is 0.608. The molecule has 1 heterocycles. The van der Waals surface area contributed by atoms with Crippen molar-refractivity contribution in [2.24, 2.45) is 0 Å². The minimum atomic E-state index is 0.608. The Morgan fingerprint density at radius 3 is 2.76 bits per heavy atom. The van der Waals surface area contributed by atoms with Crippen LogP contribution in [-0.2, 0) is 6.42 Å². The highest BCUT2D eigenvalue weighted by atomic mass is 35.5. The van der Waals surface area contributed by atoms with Crippen LogP contribution in [0.25, 0.3) is 0 Å². The molecule has 0 aliphatic rings. The molecule has 0 aliphatic heterocycles. The fourth-order valence-electron chi connectivity index (χ4n) is 1.63. The van der Waals surface area contributed by atoms with Crippen LogP contribution in [-0.4, -0.2) is 12.1 Å². The Bertz CT molecular complexity index is 539. The van der Waals surface area contributed by atoms with Crippen LogP contribution in [0.4, 0.5) is 5.13 Å². The van der Waals surface area contributed by atoms with E-state index in [-0.39, 0.29) is 0 Å². The summed E-state index contributed by atoms with van der Waals surface area (Å²) in [5, 5.41) is 1.22. The Morgan fingerprint density at radius 2 is 2.24 bits per heavy atom. The Hall–Kier alpha value is -1.26. The van der Waals surface area contributed by atoms with Gasteiger partial charge in [-0.25, -0.2) is 4.98 Å². The fourth-order valence-corrected chi connectivity index (χ4v) is 2.61. The van der Waals surface area contributed by atoms with Gasteiger partial charge >= 0.3 is 0 Å². The van der Waals surface area contributed by atoms with Crippen molar-refractivity contribution in [1.82, 2.24) is 4.98 Å². The van der Waals surface area contributed by atoms with Gasteiger partial charge in [-0.15, -0.1) is 11.3 Å². The number of anilines is 1. The standard InChI is InChI=1S/C12H13ClN2OS/c1-7-10(15-12(14)17-7)6-8-3-4-11(16-2)9(13)5-8/h3-5H,6H2,1-2H3,(H2,14,15). The first-order valence-corrected chi connectivity index (χ1v) is 6.34. The molecule has 0 radical (unpaired) electrons. The number of hydrogen-bond acceptors (Lipinski definition) is 4. The molecular formula is C12H13ClN2OS. The molecular weight excluding hydrogens is 256 g/mol. The summed E-state index contributed by atoms with van der Waals surface area (Å²) in [6, 6.07) is 5.75. The summed E-state index contributed by atoms with van der Waals surface area (Å²) in [6.45, 7) is 2.02. The van der Waals surface area contributed by atoms with Crippen molar-refractivity contribution >= 4 is 28.1 Å². The van der Waals surface area contributed by atoms with Gasteiger partial charge in [-0.05, 0) is 24.6 Å². The average Bonchev–Trinajstić information content (AvgIpc) is 2.58. The Morgan fingerprint density at radius 1 is 1.47 bits per heavy atom. The molecule has 17 heavy (non-hydrogen) atoms. The number of benzene rings is 1. The molecule has 0 amide bonds. The maximum atomic E-state index is 6.07. The van der Waals surface area contributed by atoms with E-state index in [1.807, 2.05) is 25.1 Å². The van der Waals surface area contributed by atoms with E-state index in [1.165, 1.54) is 11.3 Å². The zero-order chi connectivity index (χ0) is 12.4. The molecule has 0 fully saturated rings. The predicted octanol–water partition coefficient (Wildman–Crippen LogP) is 3.29. The second-order valence-electron chi connectivity index (χ2n) is 3.70. The number of aromatic nitrogens is 1. The van der Waals surface area contributed by atoms with Crippen LogP contribution in [0.15, 0.2) is 18.2 Å². The van der Waals surface area contributed by atoms with Gasteiger partial charge in [0.05, 0.1) is 17.8 Å². The lowest BCUT2D eigenvalue weighted by molar-refractivity contribution is 0.415. The number of nitrogen functional groups attached to an aromatic ring is 1. The van der Waals surface area contributed by atoms with Crippen molar-refractivity contribution in [2.45, 2.75) is 13.3 Å². The zero-order valence-corrected chi connectivity index (χ0v) is 11.2. The summed E-state index contributed by atoms with van der Waals surface area (Å²) in [5.41, 5.74) is 7.78. The Labute approximate surface area is 109 Å². The zero-order valence-electron chi connectivity index (χ0n) is 9.66. The summed E-state index contributed by atoms with van der Waals surface area (Å²) in [7, 11) is 1.60. The normalized spacial score (nSPS) is 10.5. The molecule has 2 N–H and O–H groups in total. The summed E-state index contributed by atoms with van der Waals surface area (Å²) >= 11 is 7.58. The van der Waals surface area contributed by atoms with Gasteiger partial charge in [-0.2, -0.15) is 0 Å². The Kier molecular flexibility index (Phi) is 3.54. The third-order valence-corrected chi connectivity index (χ3v) is 3.63. The van der Waals surface area contributed by atoms with E-state index in [0.717, 1.165) is 22.6 Å². The van der Waals surface area contributed by atoms with Crippen molar-refractivity contribution in [1.29, 1.82) is 0 Å². The first kappa shape index (κ1) is 12.2. The number of rotatable bonds is 3. The minimum Gasteiger partial charge on any atom is -0.495 e. The summed E-state index contributed by atoms with van der Waals surface area (Å²) in [4.78, 5) is 5.45. The largest absolute Gasteiger partial charge is 0.495 e. The third-order valence-electron chi connectivity index (χ3n) is 2.50. The average molecular weight is 269 g/mol. The molecule has 0 unspecified atom stereocenters. The van der Waals surface area contributed by atoms with Gasteiger partial charge in [0.25, 0.3) is 0 Å². The van der Waals surface area contributed by atoms with Crippen molar-refractivity contribution in [3.63, 3.8) is 0 Å². The molecule has 0 saturated heterocycles. The van der Waals surface area contributed by atoms with Crippen LogP contribution in [0.2, 0.25) is 5.02 Å². The number of aryl methyl sites for hydroxylation is 1. The SMILES string of the molecule is COc1ccc(Cc2nc(N)sc2C)cc1Cl. The van der Waals surface area contributed by atoms with E-state index in [9.17, 15) is 0 Å². The quantitative estimate of drug-likeness (QED) is 0.929. The van der Waals surface area contributed by atoms with Crippen LogP contribution >= 0.6 is 22.9 Å². The molecule has 1 aromatic carbocycles. The number of nitrogens with two attached hydrogens (primary N) is 1. The topological polar surface area (TPSA) is 48.1 Å². The number of hydrogen-bond donors (Lipinski definition) is 1. The Balaban J connectivity index is 2.24. The number of nitrogens with zero attached hydrogens (tertiary/aromatic N) is 1. The van der Waals surface area contributed by atoms with Gasteiger partial charge in [-0.3, -0.25) is 0 Å². The summed E-state index contributed by atoms with van der Waals surface area (Å²) in [6.07, 6.45) is 0.739. The van der Waals surface area contributed by atoms with Crippen LogP contribution in [0.5, 0.6) is 5.75 Å². The molecule has 0 aliphatic carbocycles. The molecule has 2 aromatic rings. The lowest BCUT2D eigenvalue weighted by Crippen LogP contribution is -1.93. The second-order valence-corrected chi connectivity index (χ2v) is 5.34. The van der Waals surface area contributed by atoms with Crippen LogP contribution in [0.3, 0.4) is 0 Å². The van der Waals surface area contributed by atoms with Crippen molar-refractivity contribution in [3.05, 3.63) is 39.4 Å². The highest BCUT2D eigenvalue weighted by Gasteiger charge is 2.08. The molecule has 5 heteroatoms. The molecule has 2 rings (SSSR count). The van der Waals surface area contributed by atoms with Crippen molar-refractivity contribution < 1.29 is 4.74 Å². The molecule has 0 atom stereocenters. The highest BCUT2D eigenvalue weighted by molar-refractivity contribution is 7.15. The molecule has 0 saturated carbocycles. The number of ether oxygens (including phenoxy) is 1. The summed E-state index contributed by atoms with van der Waals surface area (Å²) < 4.78 is 5.11. The second kappa shape index (κ2) is 4.94. The van der Waals surface area contributed by atoms with Gasteiger partial charge in [-0.1, -0.05) is 17.7 Å². The highest BCUT2D eigenvalue weighted by Crippen LogP contribution is 2.27. The molecule has 90 valence electrons. The number of halogens is 1. The smallest absolute Gasteiger partial charge is 0.180 e. The van der Waals surface area contributed by atoms with Gasteiger partial charge in [0.15, 0.2) is 5.13 Å². The first-order chi connectivity index (χ1) is 8.10. The van der Waals surface area contributed by atoms with Crippen molar-refractivity contribution in [2.75, 3.05) is 12.8 Å². The van der Waals surface area contributed by atoms with E-state index < -0.39 is 0 Å². The lowest BCUT2D eigenvalue weighted by Gasteiger charge is -2.05. The third kappa shape index (κ3) is 2.70. The lowest BCUT2D eigenvalue weighted by atomic mass is 10.1. The van der Waals surface area contributed by atoms with E-state index in [1.54, 1.807) is 7.11 Å². The van der Waals surface area contributed by atoms with Gasteiger partial charge in [0.2, 0.25) is 0 Å². The monoisotopic (exact) mass is 268 g/mol. The van der Waals surface area contributed by atoms with Gasteiger partial charge in [0.1, 0.15) is 5.75 Å². The van der Waals surface area contributed by atoms with E-state index in [2.05, 4.69) is 4.98 Å². The molecule has 1 aromatic heterocycles. The molecule has 0 spiro atoms. The van der Waals surface area contributed by atoms with Crippen molar-refractivity contribution in [3.8, 4) is 5.75 Å². The van der Waals surface area contributed by atoms with Gasteiger partial charge < -0.3 is 10.5 Å². The fraction of sp³-hybridized carbons (Fsp3) is 0.250. The summed E-state index contributed by atoms with van der Waals surface area (Å²) in [5.74, 6) is 0.685.